The van der Waals surface area contributed by atoms with Crippen molar-refractivity contribution in [3.05, 3.63) is 48.3 Å². The van der Waals surface area contributed by atoms with Crippen molar-refractivity contribution in [1.82, 2.24) is 28.8 Å². The van der Waals surface area contributed by atoms with Crippen LogP contribution in [0.3, 0.4) is 0 Å². The van der Waals surface area contributed by atoms with Crippen molar-refractivity contribution in [2.75, 3.05) is 24.7 Å². The van der Waals surface area contributed by atoms with E-state index in [4.69, 9.17) is 0 Å². The molecule has 0 amide bonds. The lowest BCUT2D eigenvalue weighted by Gasteiger charge is -2.30. The Bertz CT molecular complexity index is 1340. The molecule has 1 saturated heterocycles. The summed E-state index contributed by atoms with van der Waals surface area (Å²) in [5, 5.41) is 12.2. The van der Waals surface area contributed by atoms with Crippen LogP contribution in [-0.2, 0) is 16.2 Å². The average molecular weight is 492 g/mol. The van der Waals surface area contributed by atoms with Gasteiger partial charge in [0.15, 0.2) is 5.69 Å². The van der Waals surface area contributed by atoms with Crippen molar-refractivity contribution in [3.63, 3.8) is 0 Å². The summed E-state index contributed by atoms with van der Waals surface area (Å²) in [5.74, 6) is -0.0190. The van der Waals surface area contributed by atoms with Crippen LogP contribution < -0.4 is 5.32 Å². The highest BCUT2D eigenvalue weighted by Crippen LogP contribution is 2.36. The van der Waals surface area contributed by atoms with Gasteiger partial charge in [0.1, 0.15) is 29.3 Å². The summed E-state index contributed by atoms with van der Waals surface area (Å²) < 4.78 is 67.1. The minimum absolute atomic E-state index is 0.0190. The number of aromatic nitrogens is 5. The van der Waals surface area contributed by atoms with E-state index < -0.39 is 27.5 Å². The molecule has 4 heterocycles. The molecular formula is C20H19F3N8O2S. The van der Waals surface area contributed by atoms with Crippen LogP contribution in [0.2, 0.25) is 0 Å². The minimum Gasteiger partial charge on any atom is -0.351 e. The Labute approximate surface area is 193 Å². The first kappa shape index (κ1) is 23.6. The Morgan fingerprint density at radius 2 is 1.94 bits per heavy atom. The number of hydrogen-bond acceptors (Lipinski definition) is 8. The number of hydrogen-bond donors (Lipinski definition) is 1. The van der Waals surface area contributed by atoms with Gasteiger partial charge >= 0.3 is 6.18 Å². The molecule has 1 aliphatic rings. The highest BCUT2D eigenvalue weighted by Gasteiger charge is 2.36. The molecule has 0 aliphatic carbocycles. The number of halogens is 3. The normalized spacial score (nSPS) is 15.7. The van der Waals surface area contributed by atoms with Gasteiger partial charge in [-0.2, -0.15) is 18.4 Å². The summed E-state index contributed by atoms with van der Waals surface area (Å²) >= 11 is 0. The van der Waals surface area contributed by atoms with Crippen LogP contribution in [0.1, 0.15) is 24.1 Å². The van der Waals surface area contributed by atoms with Crippen LogP contribution in [0, 0.1) is 11.3 Å². The van der Waals surface area contributed by atoms with E-state index in [2.05, 4.69) is 25.3 Å². The van der Waals surface area contributed by atoms with Crippen LogP contribution in [-0.4, -0.2) is 62.6 Å². The van der Waals surface area contributed by atoms with Crippen molar-refractivity contribution >= 4 is 16.0 Å². The maximum atomic E-state index is 13.7. The van der Waals surface area contributed by atoms with Crippen LogP contribution in [0.15, 0.2) is 37.1 Å². The molecule has 1 aliphatic heterocycles. The fourth-order valence-electron chi connectivity index (χ4n) is 3.64. The van der Waals surface area contributed by atoms with E-state index in [9.17, 15) is 26.9 Å². The van der Waals surface area contributed by atoms with Crippen molar-refractivity contribution < 1.29 is 21.6 Å². The van der Waals surface area contributed by atoms with Gasteiger partial charge in [0, 0.05) is 37.7 Å². The van der Waals surface area contributed by atoms with Gasteiger partial charge in [-0.1, -0.05) is 0 Å². The Balaban J connectivity index is 1.63. The number of anilines is 1. The van der Waals surface area contributed by atoms with Gasteiger partial charge in [0.05, 0.1) is 11.9 Å². The fourth-order valence-corrected chi connectivity index (χ4v) is 4.51. The molecule has 4 rings (SSSR count). The molecule has 0 bridgehead atoms. The zero-order valence-electron chi connectivity index (χ0n) is 17.9. The van der Waals surface area contributed by atoms with Gasteiger partial charge in [0.25, 0.3) is 0 Å². The summed E-state index contributed by atoms with van der Waals surface area (Å²) in [5.41, 5.74) is -1.07. The molecule has 10 nitrogen and oxygen atoms in total. The summed E-state index contributed by atoms with van der Waals surface area (Å²) in [7, 11) is -3.30. The molecule has 0 spiro atoms. The topological polar surface area (TPSA) is 130 Å². The first-order valence-electron chi connectivity index (χ1n) is 10.1. The fraction of sp³-hybridized carbons (Fsp3) is 0.350. The van der Waals surface area contributed by atoms with Crippen molar-refractivity contribution in [2.45, 2.75) is 25.1 Å². The molecule has 0 atom stereocenters. The Morgan fingerprint density at radius 1 is 1.21 bits per heavy atom. The Kier molecular flexibility index (Phi) is 6.24. The number of nitrogens with zero attached hydrogens (tertiary/aromatic N) is 7. The Morgan fingerprint density at radius 3 is 2.59 bits per heavy atom. The smallest absolute Gasteiger partial charge is 0.351 e. The van der Waals surface area contributed by atoms with E-state index in [1.165, 1.54) is 27.6 Å². The number of nitrogens with one attached hydrogen (secondary N) is 1. The van der Waals surface area contributed by atoms with Crippen LogP contribution >= 0.6 is 0 Å². The lowest BCUT2D eigenvalue weighted by Crippen LogP contribution is -2.42. The first-order valence-corrected chi connectivity index (χ1v) is 12.0. The quantitative estimate of drug-likeness (QED) is 0.575. The Hall–Kier alpha value is -3.57. The largest absolute Gasteiger partial charge is 0.420 e. The van der Waals surface area contributed by atoms with Crippen LogP contribution in [0.5, 0.6) is 0 Å². The molecule has 0 saturated carbocycles. The van der Waals surface area contributed by atoms with E-state index in [0.717, 1.165) is 6.26 Å². The number of piperidine rings is 1. The highest BCUT2D eigenvalue weighted by atomic mass is 32.2. The van der Waals surface area contributed by atoms with E-state index in [1.54, 1.807) is 12.1 Å². The molecule has 3 aromatic rings. The number of nitriles is 1. The second-order valence-corrected chi connectivity index (χ2v) is 9.67. The molecule has 0 aromatic carbocycles. The van der Waals surface area contributed by atoms with E-state index in [0.29, 0.717) is 37.8 Å². The molecule has 34 heavy (non-hydrogen) atoms. The molecule has 1 fully saturated rings. The summed E-state index contributed by atoms with van der Waals surface area (Å²) in [6.07, 6.45) is 2.08. The third-order valence-corrected chi connectivity index (χ3v) is 6.65. The van der Waals surface area contributed by atoms with Crippen molar-refractivity contribution in [2.24, 2.45) is 0 Å². The predicted molar refractivity (Wildman–Crippen MR) is 115 cm³/mol. The highest BCUT2D eigenvalue weighted by molar-refractivity contribution is 7.88. The molecule has 0 unspecified atom stereocenters. The third kappa shape index (κ3) is 5.00. The monoisotopic (exact) mass is 492 g/mol. The third-order valence-electron chi connectivity index (χ3n) is 5.35. The SMILES string of the molecule is CS(=O)(=O)N1CCC(Nc2ncc(C(F)(F)F)c(-c3cn(-c4cccnc4C#N)cn3)n2)CC1. The van der Waals surface area contributed by atoms with Crippen LogP contribution in [0.4, 0.5) is 19.1 Å². The van der Waals surface area contributed by atoms with Gasteiger partial charge in [-0.05, 0) is 25.0 Å². The van der Waals surface area contributed by atoms with Crippen molar-refractivity contribution in [1.29, 1.82) is 5.26 Å². The summed E-state index contributed by atoms with van der Waals surface area (Å²) in [6.45, 7) is 0.585. The van der Waals surface area contributed by atoms with E-state index in [1.807, 2.05) is 6.07 Å². The van der Waals surface area contributed by atoms with E-state index in [-0.39, 0.29) is 23.4 Å². The zero-order valence-corrected chi connectivity index (χ0v) is 18.7. The molecule has 1 N–H and O–H groups in total. The molecule has 3 aromatic heterocycles. The summed E-state index contributed by atoms with van der Waals surface area (Å²) in [6, 6.07) is 4.92. The second kappa shape index (κ2) is 8.99. The molecular weight excluding hydrogens is 473 g/mol. The standard InChI is InChI=1S/C20H19F3N8O2S/c1-34(32,33)31-7-4-13(5-8-31)28-19-26-10-14(20(21,22)23)18(29-19)16-11-30(12-27-16)17-3-2-6-25-15(17)9-24/h2-3,6,10-13H,4-5,7-8H2,1H3,(H,26,28,29). The molecule has 14 heteroatoms. The van der Waals surface area contributed by atoms with E-state index >= 15 is 0 Å². The first-order chi connectivity index (χ1) is 16.1. The van der Waals surface area contributed by atoms with Crippen LogP contribution in [0.25, 0.3) is 17.1 Å². The van der Waals surface area contributed by atoms with Gasteiger partial charge in [0.2, 0.25) is 16.0 Å². The zero-order chi connectivity index (χ0) is 24.5. The van der Waals surface area contributed by atoms with Gasteiger partial charge in [-0.3, -0.25) is 0 Å². The number of imidazole rings is 1. The lowest BCUT2D eigenvalue weighted by molar-refractivity contribution is -0.137. The maximum absolute atomic E-state index is 13.7. The van der Waals surface area contributed by atoms with Gasteiger partial charge in [-0.15, -0.1) is 0 Å². The predicted octanol–water partition coefficient (Wildman–Crippen LogP) is 2.45. The number of alkyl halides is 3. The number of sulfonamides is 1. The summed E-state index contributed by atoms with van der Waals surface area (Å²) in [4.78, 5) is 15.9. The second-order valence-electron chi connectivity index (χ2n) is 7.68. The average Bonchev–Trinajstić information content (AvgIpc) is 3.28. The number of rotatable bonds is 5. The van der Waals surface area contributed by atoms with Gasteiger partial charge < -0.3 is 9.88 Å². The molecule has 0 radical (unpaired) electrons. The van der Waals surface area contributed by atoms with Gasteiger partial charge in [-0.25, -0.2) is 32.7 Å². The number of pyridine rings is 1. The maximum Gasteiger partial charge on any atom is 0.420 e. The minimum atomic E-state index is -4.72. The lowest BCUT2D eigenvalue weighted by atomic mass is 10.1. The van der Waals surface area contributed by atoms with Crippen molar-refractivity contribution in [3.8, 4) is 23.1 Å². The molecule has 178 valence electrons.